The monoisotopic (exact) mass is 366 g/mol. The molecule has 1 saturated carbocycles. The number of H-pyrrole nitrogens is 1. The molecule has 1 aliphatic carbocycles. The van der Waals surface area contributed by atoms with E-state index in [1.165, 1.54) is 29.6 Å². The molecule has 4 rings (SSSR count). The van der Waals surface area contributed by atoms with Crippen LogP contribution in [0.25, 0.3) is 16.9 Å². The van der Waals surface area contributed by atoms with E-state index in [1.807, 2.05) is 24.3 Å². The molecular formula is C20H22N4O3. The summed E-state index contributed by atoms with van der Waals surface area (Å²) in [4.78, 5) is 29.9. The van der Waals surface area contributed by atoms with Crippen molar-refractivity contribution in [1.82, 2.24) is 14.6 Å². The Kier molecular flexibility index (Phi) is 4.43. The molecule has 0 saturated heterocycles. The van der Waals surface area contributed by atoms with Crippen LogP contribution in [0.5, 0.6) is 0 Å². The fourth-order valence-corrected chi connectivity index (χ4v) is 3.19. The number of aromatic amines is 1. The predicted molar refractivity (Wildman–Crippen MR) is 103 cm³/mol. The third-order valence-corrected chi connectivity index (χ3v) is 4.84. The molecule has 7 nitrogen and oxygen atoms in total. The molecule has 0 aliphatic heterocycles. The van der Waals surface area contributed by atoms with E-state index in [9.17, 15) is 9.59 Å². The van der Waals surface area contributed by atoms with Crippen molar-refractivity contribution in [3.05, 3.63) is 52.4 Å². The van der Waals surface area contributed by atoms with E-state index in [0.717, 1.165) is 23.7 Å². The summed E-state index contributed by atoms with van der Waals surface area (Å²) in [6.45, 7) is 3.07. The van der Waals surface area contributed by atoms with Crippen molar-refractivity contribution in [3.8, 4) is 11.3 Å². The molecule has 0 atom stereocenters. The van der Waals surface area contributed by atoms with Gasteiger partial charge in [-0.3, -0.25) is 4.79 Å². The van der Waals surface area contributed by atoms with Gasteiger partial charge >= 0.3 is 5.97 Å². The van der Waals surface area contributed by atoms with Gasteiger partial charge in [0, 0.05) is 25.3 Å². The molecule has 140 valence electrons. The Bertz CT molecular complexity index is 1030. The van der Waals surface area contributed by atoms with Crippen LogP contribution in [0.2, 0.25) is 0 Å². The zero-order chi connectivity index (χ0) is 19.0. The van der Waals surface area contributed by atoms with Crippen molar-refractivity contribution < 1.29 is 9.53 Å². The number of benzene rings is 1. The number of hydrogen-bond donors (Lipinski definition) is 1. The molecule has 0 bridgehead atoms. The van der Waals surface area contributed by atoms with Crippen LogP contribution in [0.3, 0.4) is 0 Å². The summed E-state index contributed by atoms with van der Waals surface area (Å²) < 4.78 is 6.21. The maximum Gasteiger partial charge on any atom is 0.343 e. The molecule has 0 radical (unpaired) electrons. The second-order valence-electron chi connectivity index (χ2n) is 6.93. The predicted octanol–water partition coefficient (Wildman–Crippen LogP) is 2.71. The Morgan fingerprint density at radius 1 is 1.33 bits per heavy atom. The van der Waals surface area contributed by atoms with Gasteiger partial charge in [0.05, 0.1) is 18.5 Å². The summed E-state index contributed by atoms with van der Waals surface area (Å²) in [7, 11) is 2.10. The number of rotatable bonds is 6. The number of nitrogens with one attached hydrogen (secondary N) is 1. The minimum absolute atomic E-state index is 0.247. The second kappa shape index (κ2) is 6.90. The molecular weight excluding hydrogens is 344 g/mol. The molecule has 2 aromatic heterocycles. The highest BCUT2D eigenvalue weighted by Crippen LogP contribution is 2.31. The number of aromatic nitrogens is 3. The van der Waals surface area contributed by atoms with Crippen LogP contribution in [0.4, 0.5) is 5.69 Å². The third kappa shape index (κ3) is 3.45. The van der Waals surface area contributed by atoms with E-state index in [1.54, 1.807) is 6.92 Å². The van der Waals surface area contributed by atoms with Gasteiger partial charge < -0.3 is 14.6 Å². The minimum Gasteiger partial charge on any atom is -0.462 e. The van der Waals surface area contributed by atoms with Crippen LogP contribution >= 0.6 is 0 Å². The van der Waals surface area contributed by atoms with Crippen LogP contribution in [-0.4, -0.2) is 40.8 Å². The van der Waals surface area contributed by atoms with Gasteiger partial charge in [0.25, 0.3) is 5.56 Å². The first-order valence-corrected chi connectivity index (χ1v) is 9.16. The zero-order valence-electron chi connectivity index (χ0n) is 15.4. The highest BCUT2D eigenvalue weighted by atomic mass is 16.5. The quantitative estimate of drug-likeness (QED) is 0.679. The fourth-order valence-electron chi connectivity index (χ4n) is 3.19. The van der Waals surface area contributed by atoms with E-state index in [2.05, 4.69) is 22.0 Å². The van der Waals surface area contributed by atoms with Crippen LogP contribution in [0.1, 0.15) is 30.1 Å². The number of esters is 1. The molecule has 1 aromatic carbocycles. The van der Waals surface area contributed by atoms with Crippen molar-refractivity contribution in [2.75, 3.05) is 25.1 Å². The molecule has 0 spiro atoms. The summed E-state index contributed by atoms with van der Waals surface area (Å²) in [5.41, 5.74) is 2.93. The zero-order valence-corrected chi connectivity index (χ0v) is 15.4. The van der Waals surface area contributed by atoms with E-state index >= 15 is 0 Å². The van der Waals surface area contributed by atoms with Crippen LogP contribution in [-0.2, 0) is 4.74 Å². The number of carbonyl (C=O) groups excluding carboxylic acids is 1. The van der Waals surface area contributed by atoms with Gasteiger partial charge in [-0.05, 0) is 43.4 Å². The Hall–Kier alpha value is -3.09. The summed E-state index contributed by atoms with van der Waals surface area (Å²) in [5.74, 6) is 0.314. The summed E-state index contributed by atoms with van der Waals surface area (Å²) >= 11 is 0. The lowest BCUT2D eigenvalue weighted by molar-refractivity contribution is 0.0528. The summed E-state index contributed by atoms with van der Waals surface area (Å²) in [6.07, 6.45) is 3.99. The number of hydrogen-bond acceptors (Lipinski definition) is 5. The largest absolute Gasteiger partial charge is 0.462 e. The average molecular weight is 366 g/mol. The maximum atomic E-state index is 12.4. The van der Waals surface area contributed by atoms with E-state index in [-0.39, 0.29) is 17.7 Å². The van der Waals surface area contributed by atoms with Crippen LogP contribution in [0, 0.1) is 5.92 Å². The third-order valence-electron chi connectivity index (χ3n) is 4.84. The highest BCUT2D eigenvalue weighted by Gasteiger charge is 2.23. The topological polar surface area (TPSA) is 79.7 Å². The Labute approximate surface area is 156 Å². The van der Waals surface area contributed by atoms with E-state index in [0.29, 0.717) is 11.3 Å². The number of carbonyl (C=O) groups is 1. The molecule has 0 amide bonds. The number of nitrogens with zero attached hydrogens (tertiary/aromatic N) is 3. The smallest absolute Gasteiger partial charge is 0.343 e. The molecule has 1 aliphatic rings. The van der Waals surface area contributed by atoms with Gasteiger partial charge in [-0.15, -0.1) is 0 Å². The molecule has 1 N–H and O–H groups in total. The first-order valence-electron chi connectivity index (χ1n) is 9.16. The molecule has 7 heteroatoms. The molecule has 27 heavy (non-hydrogen) atoms. The maximum absolute atomic E-state index is 12.4. The first-order chi connectivity index (χ1) is 13.1. The van der Waals surface area contributed by atoms with Gasteiger partial charge in [0.2, 0.25) is 0 Å². The van der Waals surface area contributed by atoms with E-state index < -0.39 is 5.97 Å². The Balaban J connectivity index is 1.67. The number of fused-ring (bicyclic) bond motifs is 1. The van der Waals surface area contributed by atoms with Crippen molar-refractivity contribution >= 4 is 17.3 Å². The van der Waals surface area contributed by atoms with Gasteiger partial charge in [0.1, 0.15) is 5.56 Å². The lowest BCUT2D eigenvalue weighted by Crippen LogP contribution is -2.19. The normalized spacial score (nSPS) is 13.7. The van der Waals surface area contributed by atoms with Gasteiger partial charge in [-0.1, -0.05) is 12.1 Å². The van der Waals surface area contributed by atoms with Gasteiger partial charge in [-0.25, -0.2) is 4.79 Å². The molecule has 0 unspecified atom stereocenters. The molecule has 3 aromatic rings. The lowest BCUT2D eigenvalue weighted by Gasteiger charge is -2.19. The van der Waals surface area contributed by atoms with Gasteiger partial charge in [-0.2, -0.15) is 9.61 Å². The lowest BCUT2D eigenvalue weighted by atomic mass is 10.1. The Morgan fingerprint density at radius 2 is 2.07 bits per heavy atom. The van der Waals surface area contributed by atoms with Crippen molar-refractivity contribution in [2.24, 2.45) is 5.92 Å². The average Bonchev–Trinajstić information content (AvgIpc) is 3.37. The van der Waals surface area contributed by atoms with Crippen molar-refractivity contribution in [1.29, 1.82) is 0 Å². The first kappa shape index (κ1) is 17.3. The van der Waals surface area contributed by atoms with Crippen LogP contribution in [0.15, 0.2) is 41.3 Å². The summed E-state index contributed by atoms with van der Waals surface area (Å²) in [5, 5.41) is 3.99. The van der Waals surface area contributed by atoms with Gasteiger partial charge in [0.15, 0.2) is 5.65 Å². The van der Waals surface area contributed by atoms with E-state index in [4.69, 9.17) is 4.74 Å². The summed E-state index contributed by atoms with van der Waals surface area (Å²) in [6, 6.07) is 9.52. The van der Waals surface area contributed by atoms with Crippen LogP contribution < -0.4 is 10.5 Å². The van der Waals surface area contributed by atoms with Crippen molar-refractivity contribution in [2.45, 2.75) is 19.8 Å². The molecule has 2 heterocycles. The number of anilines is 1. The Morgan fingerprint density at radius 3 is 2.74 bits per heavy atom. The highest BCUT2D eigenvalue weighted by molar-refractivity contribution is 5.95. The second-order valence-corrected chi connectivity index (χ2v) is 6.93. The minimum atomic E-state index is -0.502. The number of ether oxygens (including phenoxy) is 1. The SMILES string of the molecule is CCOC(=O)c1cnn2c(=O)cc(-c3ccc(N(C)CC4CC4)cc3)[nH]c12. The molecule has 1 fully saturated rings. The fraction of sp³-hybridized carbons (Fsp3) is 0.350. The standard InChI is InChI=1S/C20H22N4O3/c1-3-27-20(26)16-11-21-24-18(25)10-17(22-19(16)24)14-6-8-15(9-7-14)23(2)12-13-4-5-13/h6-11,13,22H,3-5,12H2,1-2H3. The van der Waals surface area contributed by atoms with Crippen molar-refractivity contribution in [3.63, 3.8) is 0 Å².